The number of carbonyl (C=O) groups is 2. The maximum Gasteiger partial charge on any atom is 0.349 e. The van der Waals surface area contributed by atoms with Gasteiger partial charge in [-0.15, -0.1) is 11.3 Å². The van der Waals surface area contributed by atoms with Gasteiger partial charge in [-0.1, -0.05) is 0 Å². The van der Waals surface area contributed by atoms with E-state index in [1.54, 1.807) is 13.8 Å². The number of hydrogen-bond donors (Lipinski definition) is 2. The summed E-state index contributed by atoms with van der Waals surface area (Å²) >= 11 is 0.933. The third-order valence-corrected chi connectivity index (χ3v) is 4.91. The van der Waals surface area contributed by atoms with Gasteiger partial charge in [0.05, 0.1) is 11.1 Å². The van der Waals surface area contributed by atoms with Gasteiger partial charge in [-0.25, -0.2) is 22.9 Å². The number of amides is 1. The number of H-pyrrole nitrogens is 1. The normalized spacial score (nSPS) is 10.9. The lowest BCUT2D eigenvalue weighted by molar-refractivity contribution is -0.119. The van der Waals surface area contributed by atoms with Crippen molar-refractivity contribution in [1.82, 2.24) is 9.97 Å². The third kappa shape index (κ3) is 3.60. The van der Waals surface area contributed by atoms with Gasteiger partial charge in [-0.2, -0.15) is 0 Å². The molecule has 3 aromatic rings. The first-order valence-corrected chi connectivity index (χ1v) is 8.61. The Labute approximate surface area is 159 Å². The van der Waals surface area contributed by atoms with Crippen LogP contribution in [0.5, 0.6) is 0 Å². The summed E-state index contributed by atoms with van der Waals surface area (Å²) in [5, 5.41) is 2.23. The fraction of sp³-hybridized carbons (Fsp3) is 0.176. The number of carbonyl (C=O) groups excluding carboxylic acids is 2. The van der Waals surface area contributed by atoms with Crippen LogP contribution in [0, 0.1) is 31.3 Å². The summed E-state index contributed by atoms with van der Waals surface area (Å²) in [6.07, 6.45) is 0. The minimum Gasteiger partial charge on any atom is -0.451 e. The number of nitrogens with one attached hydrogen (secondary N) is 2. The molecule has 2 aromatic heterocycles. The van der Waals surface area contributed by atoms with Crippen molar-refractivity contribution in [2.24, 2.45) is 0 Å². The van der Waals surface area contributed by atoms with Crippen LogP contribution >= 0.6 is 11.3 Å². The lowest BCUT2D eigenvalue weighted by Gasteiger charge is -2.08. The van der Waals surface area contributed by atoms with Gasteiger partial charge in [0.25, 0.3) is 11.5 Å². The van der Waals surface area contributed by atoms with E-state index in [1.807, 2.05) is 5.32 Å². The van der Waals surface area contributed by atoms with E-state index in [0.29, 0.717) is 22.3 Å². The number of esters is 1. The number of fused-ring (bicyclic) bond motifs is 1. The zero-order valence-electron chi connectivity index (χ0n) is 14.5. The summed E-state index contributed by atoms with van der Waals surface area (Å²) in [7, 11) is 0. The van der Waals surface area contributed by atoms with Crippen molar-refractivity contribution < 1.29 is 27.5 Å². The van der Waals surface area contributed by atoms with Crippen molar-refractivity contribution in [3.63, 3.8) is 0 Å². The van der Waals surface area contributed by atoms with Gasteiger partial charge < -0.3 is 15.0 Å². The number of rotatable bonds is 4. The molecule has 1 aromatic carbocycles. The quantitative estimate of drug-likeness (QED) is 0.508. The fourth-order valence-electron chi connectivity index (χ4n) is 2.45. The number of ether oxygens (including phenoxy) is 1. The number of nitrogens with zero attached hydrogens (tertiary/aromatic N) is 1. The number of thiophene rings is 1. The number of hydrogen-bond acceptors (Lipinski definition) is 6. The molecule has 7 nitrogen and oxygen atoms in total. The zero-order chi connectivity index (χ0) is 20.6. The average Bonchev–Trinajstić information content (AvgIpc) is 2.97. The Morgan fingerprint density at radius 1 is 1.21 bits per heavy atom. The van der Waals surface area contributed by atoms with Gasteiger partial charge in [0.15, 0.2) is 24.1 Å². The van der Waals surface area contributed by atoms with Crippen molar-refractivity contribution in [1.29, 1.82) is 0 Å². The first kappa shape index (κ1) is 19.5. The average molecular weight is 411 g/mol. The van der Waals surface area contributed by atoms with Crippen LogP contribution in [-0.2, 0) is 9.53 Å². The first-order chi connectivity index (χ1) is 13.2. The summed E-state index contributed by atoms with van der Waals surface area (Å²) in [5.41, 5.74) is -0.642. The summed E-state index contributed by atoms with van der Waals surface area (Å²) < 4.78 is 44.5. The van der Waals surface area contributed by atoms with Crippen LogP contribution in [-0.4, -0.2) is 28.5 Å². The highest BCUT2D eigenvalue weighted by Crippen LogP contribution is 2.27. The maximum atomic E-state index is 13.6. The number of benzene rings is 1. The molecule has 0 radical (unpaired) electrons. The fourth-order valence-corrected chi connectivity index (χ4v) is 3.57. The highest BCUT2D eigenvalue weighted by Gasteiger charge is 2.21. The topological polar surface area (TPSA) is 101 Å². The standard InChI is InChI=1S/C17H12F3N3O4S/c1-6-11-15(25)21-7(2)22-16(11)28-14(6)17(26)27-5-10(24)23-9-4-3-8(18)12(19)13(9)20/h3-4H,5H2,1-2H3,(H,23,24)(H,21,22,25). The summed E-state index contributed by atoms with van der Waals surface area (Å²) in [5.74, 6) is -6.15. The number of aryl methyl sites for hydroxylation is 2. The smallest absolute Gasteiger partial charge is 0.349 e. The van der Waals surface area contributed by atoms with Crippen molar-refractivity contribution in [3.05, 3.63) is 56.2 Å². The zero-order valence-corrected chi connectivity index (χ0v) is 15.3. The monoisotopic (exact) mass is 411 g/mol. The Morgan fingerprint density at radius 2 is 1.93 bits per heavy atom. The number of aromatic amines is 1. The van der Waals surface area contributed by atoms with Crippen LogP contribution in [0.1, 0.15) is 21.1 Å². The molecule has 146 valence electrons. The van der Waals surface area contributed by atoms with Crippen LogP contribution in [0.15, 0.2) is 16.9 Å². The molecule has 0 fully saturated rings. The van der Waals surface area contributed by atoms with E-state index < -0.39 is 47.2 Å². The molecule has 0 saturated carbocycles. The Bertz CT molecular complexity index is 1170. The molecule has 1 amide bonds. The molecule has 0 saturated heterocycles. The highest BCUT2D eigenvalue weighted by atomic mass is 32.1. The van der Waals surface area contributed by atoms with Crippen LogP contribution in [0.4, 0.5) is 18.9 Å². The van der Waals surface area contributed by atoms with Crippen LogP contribution in [0.3, 0.4) is 0 Å². The predicted octanol–water partition coefficient (Wildman–Crippen LogP) is 2.81. The number of aromatic nitrogens is 2. The van der Waals surface area contributed by atoms with Crippen LogP contribution in [0.25, 0.3) is 10.2 Å². The van der Waals surface area contributed by atoms with Crippen molar-refractivity contribution in [3.8, 4) is 0 Å². The molecule has 0 bridgehead atoms. The van der Waals surface area contributed by atoms with Gasteiger partial charge in [-0.3, -0.25) is 9.59 Å². The van der Waals surface area contributed by atoms with E-state index in [1.165, 1.54) is 0 Å². The molecule has 2 heterocycles. The summed E-state index contributed by atoms with van der Waals surface area (Å²) in [4.78, 5) is 43.2. The van der Waals surface area contributed by atoms with Crippen molar-refractivity contribution >= 4 is 39.1 Å². The molecule has 0 aliphatic heterocycles. The van der Waals surface area contributed by atoms with Gasteiger partial charge in [-0.05, 0) is 31.5 Å². The molecule has 0 atom stereocenters. The summed E-state index contributed by atoms with van der Waals surface area (Å²) in [6.45, 7) is 2.34. The Morgan fingerprint density at radius 3 is 2.64 bits per heavy atom. The minimum atomic E-state index is -1.73. The van der Waals surface area contributed by atoms with Gasteiger partial charge in [0.1, 0.15) is 15.5 Å². The lowest BCUT2D eigenvalue weighted by atomic mass is 10.2. The molecular formula is C17H12F3N3O4S. The largest absolute Gasteiger partial charge is 0.451 e. The van der Waals surface area contributed by atoms with Gasteiger partial charge in [0.2, 0.25) is 0 Å². The van der Waals surface area contributed by atoms with E-state index in [4.69, 9.17) is 4.74 Å². The molecule has 0 aliphatic rings. The third-order valence-electron chi connectivity index (χ3n) is 3.75. The molecule has 11 heteroatoms. The molecule has 28 heavy (non-hydrogen) atoms. The Balaban J connectivity index is 1.72. The molecule has 3 rings (SSSR count). The molecule has 0 unspecified atom stereocenters. The van der Waals surface area contributed by atoms with E-state index >= 15 is 0 Å². The lowest BCUT2D eigenvalue weighted by Crippen LogP contribution is -2.21. The van der Waals surface area contributed by atoms with Gasteiger partial charge >= 0.3 is 5.97 Å². The van der Waals surface area contributed by atoms with E-state index in [-0.39, 0.29) is 10.3 Å². The van der Waals surface area contributed by atoms with Crippen LogP contribution < -0.4 is 10.9 Å². The molecule has 0 spiro atoms. The predicted molar refractivity (Wildman–Crippen MR) is 94.9 cm³/mol. The number of halogens is 3. The second-order valence-electron chi connectivity index (χ2n) is 5.73. The molecule has 2 N–H and O–H groups in total. The SMILES string of the molecule is Cc1nc2sc(C(=O)OCC(=O)Nc3ccc(F)c(F)c3F)c(C)c2c(=O)[nH]1. The van der Waals surface area contributed by atoms with Crippen LogP contribution in [0.2, 0.25) is 0 Å². The maximum absolute atomic E-state index is 13.6. The van der Waals surface area contributed by atoms with Crippen molar-refractivity contribution in [2.45, 2.75) is 13.8 Å². The van der Waals surface area contributed by atoms with E-state index in [2.05, 4.69) is 9.97 Å². The Kier molecular flexibility index (Phi) is 5.18. The van der Waals surface area contributed by atoms with E-state index in [9.17, 15) is 27.6 Å². The second kappa shape index (κ2) is 7.43. The first-order valence-electron chi connectivity index (χ1n) is 7.79. The Hall–Kier alpha value is -3.21. The highest BCUT2D eigenvalue weighted by molar-refractivity contribution is 7.20. The summed E-state index contributed by atoms with van der Waals surface area (Å²) in [6, 6.07) is 1.48. The molecular weight excluding hydrogens is 399 g/mol. The van der Waals surface area contributed by atoms with Gasteiger partial charge in [0, 0.05) is 0 Å². The number of anilines is 1. The van der Waals surface area contributed by atoms with Crippen molar-refractivity contribution in [2.75, 3.05) is 11.9 Å². The van der Waals surface area contributed by atoms with E-state index in [0.717, 1.165) is 17.4 Å². The second-order valence-corrected chi connectivity index (χ2v) is 6.73. The molecule has 0 aliphatic carbocycles. The minimum absolute atomic E-state index is 0.0883.